The van der Waals surface area contributed by atoms with Crippen molar-refractivity contribution >= 4 is 27.8 Å². The number of aryl methyl sites for hydroxylation is 1. The molecule has 0 fully saturated rings. The van der Waals surface area contributed by atoms with Crippen LogP contribution in [0.4, 0.5) is 0 Å². The quantitative estimate of drug-likeness (QED) is 0.574. The molecule has 0 amide bonds. The Labute approximate surface area is 140 Å². The highest BCUT2D eigenvalue weighted by atomic mass is 32.2. The van der Waals surface area contributed by atoms with Gasteiger partial charge in [0.05, 0.1) is 6.26 Å². The molecule has 0 saturated carbocycles. The SMILES string of the molecule is Cc1ccc(SC(=O)Cc2coc3ccc(C(C)C)cc23)cc1. The molecule has 0 N–H and O–H groups in total. The molecule has 0 spiro atoms. The summed E-state index contributed by atoms with van der Waals surface area (Å²) in [6.07, 6.45) is 2.09. The zero-order valence-electron chi connectivity index (χ0n) is 13.6. The molecule has 3 rings (SSSR count). The van der Waals surface area contributed by atoms with Gasteiger partial charge in [-0.05, 0) is 42.7 Å². The van der Waals surface area contributed by atoms with Crippen LogP contribution in [0.15, 0.2) is 58.0 Å². The van der Waals surface area contributed by atoms with E-state index in [9.17, 15) is 4.79 Å². The molecule has 0 saturated heterocycles. The molecule has 0 radical (unpaired) electrons. The van der Waals surface area contributed by atoms with Gasteiger partial charge in [0.1, 0.15) is 5.58 Å². The Morgan fingerprint density at radius 3 is 2.57 bits per heavy atom. The minimum absolute atomic E-state index is 0.131. The van der Waals surface area contributed by atoms with Gasteiger partial charge in [-0.25, -0.2) is 0 Å². The standard InChI is InChI=1S/C20H20O2S/c1-13(2)15-6-9-19-18(10-15)16(12-22-19)11-20(21)23-17-7-4-14(3)5-8-17/h4-10,12-13H,11H2,1-3H3. The summed E-state index contributed by atoms with van der Waals surface area (Å²) in [5.74, 6) is 0.458. The fourth-order valence-corrected chi connectivity index (χ4v) is 3.29. The van der Waals surface area contributed by atoms with Crippen LogP contribution in [0, 0.1) is 6.92 Å². The van der Waals surface area contributed by atoms with E-state index in [-0.39, 0.29) is 5.12 Å². The fourth-order valence-electron chi connectivity index (χ4n) is 2.52. The van der Waals surface area contributed by atoms with E-state index >= 15 is 0 Å². The van der Waals surface area contributed by atoms with E-state index < -0.39 is 0 Å². The summed E-state index contributed by atoms with van der Waals surface area (Å²) in [5, 5.41) is 1.18. The Balaban J connectivity index is 1.79. The predicted molar refractivity (Wildman–Crippen MR) is 96.1 cm³/mol. The van der Waals surface area contributed by atoms with Gasteiger partial charge in [-0.2, -0.15) is 0 Å². The largest absolute Gasteiger partial charge is 0.464 e. The normalized spacial score (nSPS) is 11.3. The molecule has 3 aromatic rings. The smallest absolute Gasteiger partial charge is 0.198 e. The molecule has 3 heteroatoms. The van der Waals surface area contributed by atoms with Gasteiger partial charge in [0, 0.05) is 22.3 Å². The van der Waals surface area contributed by atoms with Gasteiger partial charge in [0.15, 0.2) is 5.12 Å². The van der Waals surface area contributed by atoms with Crippen molar-refractivity contribution < 1.29 is 9.21 Å². The second-order valence-electron chi connectivity index (χ2n) is 6.14. The molecule has 118 valence electrons. The summed E-state index contributed by atoms with van der Waals surface area (Å²) in [6, 6.07) is 14.2. The van der Waals surface area contributed by atoms with Gasteiger partial charge < -0.3 is 4.42 Å². The first kappa shape index (κ1) is 15.9. The van der Waals surface area contributed by atoms with Gasteiger partial charge in [0.25, 0.3) is 0 Å². The maximum Gasteiger partial charge on any atom is 0.198 e. The Morgan fingerprint density at radius 2 is 1.87 bits per heavy atom. The van der Waals surface area contributed by atoms with E-state index in [4.69, 9.17) is 4.42 Å². The first-order valence-corrected chi connectivity index (χ1v) is 8.62. The molecule has 0 unspecified atom stereocenters. The summed E-state index contributed by atoms with van der Waals surface area (Å²) >= 11 is 1.29. The van der Waals surface area contributed by atoms with Crippen LogP contribution in [0.1, 0.15) is 36.5 Å². The lowest BCUT2D eigenvalue weighted by Crippen LogP contribution is -1.97. The van der Waals surface area contributed by atoms with Crippen molar-refractivity contribution in [2.45, 2.75) is 38.0 Å². The molecule has 0 aliphatic heterocycles. The monoisotopic (exact) mass is 324 g/mol. The summed E-state index contributed by atoms with van der Waals surface area (Å²) in [7, 11) is 0. The van der Waals surface area contributed by atoms with Gasteiger partial charge in [-0.3, -0.25) is 4.79 Å². The third-order valence-corrected chi connectivity index (χ3v) is 4.81. The highest BCUT2D eigenvalue weighted by molar-refractivity contribution is 8.13. The Morgan fingerprint density at radius 1 is 1.13 bits per heavy atom. The first-order chi connectivity index (χ1) is 11.0. The zero-order valence-corrected chi connectivity index (χ0v) is 14.4. The van der Waals surface area contributed by atoms with Crippen LogP contribution in [0.2, 0.25) is 0 Å². The number of rotatable bonds is 4. The number of carbonyl (C=O) groups is 1. The van der Waals surface area contributed by atoms with E-state index in [1.54, 1.807) is 6.26 Å². The topological polar surface area (TPSA) is 30.2 Å². The average Bonchev–Trinajstić information content (AvgIpc) is 2.92. The van der Waals surface area contributed by atoms with Crippen molar-refractivity contribution in [3.63, 3.8) is 0 Å². The molecule has 1 heterocycles. The Kier molecular flexibility index (Phi) is 4.58. The van der Waals surface area contributed by atoms with Crippen LogP contribution in [0.3, 0.4) is 0 Å². The molecule has 2 nitrogen and oxygen atoms in total. The van der Waals surface area contributed by atoms with E-state index in [1.807, 2.05) is 37.3 Å². The van der Waals surface area contributed by atoms with E-state index in [1.165, 1.54) is 22.9 Å². The van der Waals surface area contributed by atoms with E-state index in [2.05, 4.69) is 26.0 Å². The third-order valence-electron chi connectivity index (χ3n) is 3.93. The molecule has 23 heavy (non-hydrogen) atoms. The maximum atomic E-state index is 12.3. The van der Waals surface area contributed by atoms with Gasteiger partial charge in [0.2, 0.25) is 0 Å². The van der Waals surface area contributed by atoms with Crippen molar-refractivity contribution in [1.29, 1.82) is 0 Å². The number of benzene rings is 2. The van der Waals surface area contributed by atoms with Crippen molar-refractivity contribution in [2.24, 2.45) is 0 Å². The lowest BCUT2D eigenvalue weighted by Gasteiger charge is -2.05. The van der Waals surface area contributed by atoms with Crippen LogP contribution in [-0.4, -0.2) is 5.12 Å². The molecule has 0 aliphatic carbocycles. The molecular weight excluding hydrogens is 304 g/mol. The zero-order chi connectivity index (χ0) is 16.4. The minimum atomic E-state index is 0.131. The number of furan rings is 1. The van der Waals surface area contributed by atoms with Crippen LogP contribution in [0.25, 0.3) is 11.0 Å². The maximum absolute atomic E-state index is 12.3. The summed E-state index contributed by atoms with van der Waals surface area (Å²) in [5.41, 5.74) is 4.27. The highest BCUT2D eigenvalue weighted by Gasteiger charge is 2.13. The molecular formula is C20H20O2S. The number of hydrogen-bond acceptors (Lipinski definition) is 3. The summed E-state index contributed by atoms with van der Waals surface area (Å²) in [6.45, 7) is 6.37. The van der Waals surface area contributed by atoms with Crippen molar-refractivity contribution in [3.05, 3.63) is 65.4 Å². The van der Waals surface area contributed by atoms with Crippen molar-refractivity contribution in [1.82, 2.24) is 0 Å². The first-order valence-electron chi connectivity index (χ1n) is 7.80. The summed E-state index contributed by atoms with van der Waals surface area (Å²) < 4.78 is 5.59. The fraction of sp³-hybridized carbons (Fsp3) is 0.250. The van der Waals surface area contributed by atoms with Crippen LogP contribution in [0.5, 0.6) is 0 Å². The number of hydrogen-bond donors (Lipinski definition) is 0. The lowest BCUT2D eigenvalue weighted by molar-refractivity contribution is -0.110. The molecule has 0 aliphatic rings. The third kappa shape index (κ3) is 3.67. The number of thioether (sulfide) groups is 1. The van der Waals surface area contributed by atoms with Crippen molar-refractivity contribution in [2.75, 3.05) is 0 Å². The number of fused-ring (bicyclic) bond motifs is 1. The molecule has 2 aromatic carbocycles. The number of carbonyl (C=O) groups excluding carboxylic acids is 1. The minimum Gasteiger partial charge on any atom is -0.464 e. The Bertz CT molecular complexity index is 828. The van der Waals surface area contributed by atoms with Crippen LogP contribution in [-0.2, 0) is 11.2 Å². The summed E-state index contributed by atoms with van der Waals surface area (Å²) in [4.78, 5) is 13.3. The lowest BCUT2D eigenvalue weighted by atomic mass is 10.00. The van der Waals surface area contributed by atoms with Gasteiger partial charge in [-0.15, -0.1) is 0 Å². The highest BCUT2D eigenvalue weighted by Crippen LogP contribution is 2.28. The van der Waals surface area contributed by atoms with E-state index in [0.717, 1.165) is 21.4 Å². The van der Waals surface area contributed by atoms with Crippen molar-refractivity contribution in [3.8, 4) is 0 Å². The Hall–Kier alpha value is -2.00. The van der Waals surface area contributed by atoms with E-state index in [0.29, 0.717) is 12.3 Å². The van der Waals surface area contributed by atoms with Gasteiger partial charge in [-0.1, -0.05) is 49.4 Å². The second kappa shape index (κ2) is 6.63. The molecule has 1 aromatic heterocycles. The predicted octanol–water partition coefficient (Wildman–Crippen LogP) is 5.73. The van der Waals surface area contributed by atoms with Crippen LogP contribution < -0.4 is 0 Å². The molecule has 0 atom stereocenters. The van der Waals surface area contributed by atoms with Gasteiger partial charge >= 0.3 is 0 Å². The molecule has 0 bridgehead atoms. The average molecular weight is 324 g/mol. The second-order valence-corrected chi connectivity index (χ2v) is 7.27. The van der Waals surface area contributed by atoms with Crippen LogP contribution >= 0.6 is 11.8 Å².